The quantitative estimate of drug-likeness (QED) is 0.907. The highest BCUT2D eigenvalue weighted by Crippen LogP contribution is 2.33. The van der Waals surface area contributed by atoms with Gasteiger partial charge in [-0.2, -0.15) is 0 Å². The number of nitrogens with two attached hydrogens (primary N) is 1. The summed E-state index contributed by atoms with van der Waals surface area (Å²) in [6.45, 7) is 0.500. The van der Waals surface area contributed by atoms with Crippen LogP contribution in [0.1, 0.15) is 11.6 Å². The fraction of sp³-hybridized carbons (Fsp3) is 0.133. The molecular formula is C15H12Cl2FN3. The maximum absolute atomic E-state index is 13.1. The maximum Gasteiger partial charge on any atom is 0.196 e. The molecule has 108 valence electrons. The molecule has 1 atom stereocenters. The predicted molar refractivity (Wildman–Crippen MR) is 84.6 cm³/mol. The second-order valence-electron chi connectivity index (χ2n) is 4.76. The fourth-order valence-electron chi connectivity index (χ4n) is 2.43. The molecule has 2 aromatic carbocycles. The van der Waals surface area contributed by atoms with Crippen LogP contribution in [0.2, 0.25) is 10.0 Å². The van der Waals surface area contributed by atoms with Gasteiger partial charge in [-0.15, -0.1) is 0 Å². The first kappa shape index (κ1) is 14.2. The molecule has 3 rings (SSSR count). The Labute approximate surface area is 131 Å². The molecule has 0 saturated carbocycles. The Balaban J connectivity index is 2.00. The Morgan fingerprint density at radius 2 is 1.71 bits per heavy atom. The van der Waals surface area contributed by atoms with Crippen LogP contribution in [0.15, 0.2) is 47.5 Å². The summed E-state index contributed by atoms with van der Waals surface area (Å²) in [7, 11) is 0. The van der Waals surface area contributed by atoms with Crippen LogP contribution in [0.5, 0.6) is 0 Å². The molecule has 6 heteroatoms. The minimum absolute atomic E-state index is 0.105. The van der Waals surface area contributed by atoms with E-state index >= 15 is 0 Å². The zero-order chi connectivity index (χ0) is 15.0. The molecular weight excluding hydrogens is 312 g/mol. The lowest BCUT2D eigenvalue weighted by Crippen LogP contribution is -2.36. The van der Waals surface area contributed by atoms with Gasteiger partial charge in [-0.1, -0.05) is 23.2 Å². The minimum Gasteiger partial charge on any atom is -0.369 e. The van der Waals surface area contributed by atoms with Crippen LogP contribution in [0, 0.1) is 5.82 Å². The van der Waals surface area contributed by atoms with Crippen LogP contribution in [-0.2, 0) is 0 Å². The number of guanidine groups is 1. The Morgan fingerprint density at radius 1 is 1.10 bits per heavy atom. The van der Waals surface area contributed by atoms with Crippen molar-refractivity contribution >= 4 is 34.8 Å². The summed E-state index contributed by atoms with van der Waals surface area (Å²) in [5.41, 5.74) is 7.66. The SMILES string of the molecule is NC1=NCC(c2cc(Cl)cc(Cl)c2)N1c1ccc(F)cc1. The van der Waals surface area contributed by atoms with Gasteiger partial charge in [0.05, 0.1) is 12.6 Å². The minimum atomic E-state index is -0.296. The number of nitrogens with zero attached hydrogens (tertiary/aromatic N) is 2. The van der Waals surface area contributed by atoms with Crippen molar-refractivity contribution in [3.05, 3.63) is 63.9 Å². The number of hydrogen-bond acceptors (Lipinski definition) is 3. The second kappa shape index (κ2) is 5.54. The van der Waals surface area contributed by atoms with E-state index in [0.29, 0.717) is 22.5 Å². The largest absolute Gasteiger partial charge is 0.369 e. The lowest BCUT2D eigenvalue weighted by molar-refractivity contribution is 0.627. The molecule has 1 aliphatic rings. The van der Waals surface area contributed by atoms with E-state index < -0.39 is 0 Å². The van der Waals surface area contributed by atoms with Gasteiger partial charge in [0.15, 0.2) is 5.96 Å². The van der Waals surface area contributed by atoms with Gasteiger partial charge in [0, 0.05) is 15.7 Å². The third-order valence-corrected chi connectivity index (χ3v) is 3.80. The molecule has 1 heterocycles. The van der Waals surface area contributed by atoms with E-state index in [-0.39, 0.29) is 11.9 Å². The average Bonchev–Trinajstić information content (AvgIpc) is 2.80. The van der Waals surface area contributed by atoms with Crippen LogP contribution in [-0.4, -0.2) is 12.5 Å². The first-order valence-corrected chi connectivity index (χ1v) is 7.11. The molecule has 1 aliphatic heterocycles. The summed E-state index contributed by atoms with van der Waals surface area (Å²) >= 11 is 12.1. The van der Waals surface area contributed by atoms with Gasteiger partial charge in [0.1, 0.15) is 5.82 Å². The molecule has 0 aromatic heterocycles. The molecule has 0 spiro atoms. The fourth-order valence-corrected chi connectivity index (χ4v) is 2.98. The molecule has 0 saturated heterocycles. The molecule has 0 fully saturated rings. The summed E-state index contributed by atoms with van der Waals surface area (Å²) in [4.78, 5) is 6.12. The van der Waals surface area contributed by atoms with Crippen molar-refractivity contribution in [2.45, 2.75) is 6.04 Å². The van der Waals surface area contributed by atoms with Crippen LogP contribution in [0.4, 0.5) is 10.1 Å². The van der Waals surface area contributed by atoms with Gasteiger partial charge in [-0.3, -0.25) is 4.99 Å². The first-order valence-electron chi connectivity index (χ1n) is 6.35. The monoisotopic (exact) mass is 323 g/mol. The van der Waals surface area contributed by atoms with E-state index in [2.05, 4.69) is 4.99 Å². The van der Waals surface area contributed by atoms with Crippen LogP contribution in [0.3, 0.4) is 0 Å². The normalized spacial score (nSPS) is 18.0. The molecule has 0 amide bonds. The zero-order valence-electron chi connectivity index (χ0n) is 10.9. The Morgan fingerprint density at radius 3 is 2.33 bits per heavy atom. The summed E-state index contributed by atoms with van der Waals surface area (Å²) in [5.74, 6) is 0.0958. The molecule has 21 heavy (non-hydrogen) atoms. The molecule has 3 nitrogen and oxygen atoms in total. The van der Waals surface area contributed by atoms with E-state index in [9.17, 15) is 4.39 Å². The highest BCUT2D eigenvalue weighted by Gasteiger charge is 2.29. The molecule has 2 N–H and O–H groups in total. The number of anilines is 1. The van der Waals surface area contributed by atoms with Crippen molar-refractivity contribution in [2.24, 2.45) is 10.7 Å². The topological polar surface area (TPSA) is 41.6 Å². The summed E-state index contributed by atoms with van der Waals surface area (Å²) < 4.78 is 13.1. The van der Waals surface area contributed by atoms with Crippen LogP contribution >= 0.6 is 23.2 Å². The van der Waals surface area contributed by atoms with Gasteiger partial charge in [0.25, 0.3) is 0 Å². The van der Waals surface area contributed by atoms with Gasteiger partial charge in [0.2, 0.25) is 0 Å². The van der Waals surface area contributed by atoms with E-state index in [4.69, 9.17) is 28.9 Å². The maximum atomic E-state index is 13.1. The van der Waals surface area contributed by atoms with Crippen LogP contribution in [0.25, 0.3) is 0 Å². The van der Waals surface area contributed by atoms with Gasteiger partial charge >= 0.3 is 0 Å². The van der Waals surface area contributed by atoms with Gasteiger partial charge in [-0.05, 0) is 48.0 Å². The highest BCUT2D eigenvalue weighted by atomic mass is 35.5. The van der Waals surface area contributed by atoms with E-state index in [0.717, 1.165) is 11.3 Å². The Bertz CT molecular complexity index is 680. The van der Waals surface area contributed by atoms with Crippen molar-refractivity contribution in [3.8, 4) is 0 Å². The number of hydrogen-bond donors (Lipinski definition) is 1. The highest BCUT2D eigenvalue weighted by molar-refractivity contribution is 6.34. The molecule has 0 radical (unpaired) electrons. The Hall–Kier alpha value is -1.78. The lowest BCUT2D eigenvalue weighted by atomic mass is 10.1. The van der Waals surface area contributed by atoms with Crippen LogP contribution < -0.4 is 10.6 Å². The van der Waals surface area contributed by atoms with Crippen molar-refractivity contribution in [2.75, 3.05) is 11.4 Å². The second-order valence-corrected chi connectivity index (χ2v) is 5.64. The zero-order valence-corrected chi connectivity index (χ0v) is 12.4. The van der Waals surface area contributed by atoms with E-state index in [1.807, 2.05) is 17.0 Å². The standard InChI is InChI=1S/C15H12Cl2FN3/c16-10-5-9(6-11(17)7-10)14-8-20-15(19)21(14)13-3-1-12(18)2-4-13/h1-7,14H,8H2,(H2,19,20). The third-order valence-electron chi connectivity index (χ3n) is 3.36. The average molecular weight is 324 g/mol. The molecule has 0 aliphatic carbocycles. The number of halogens is 3. The van der Waals surface area contributed by atoms with E-state index in [1.54, 1.807) is 18.2 Å². The Kier molecular flexibility index (Phi) is 3.74. The van der Waals surface area contributed by atoms with E-state index in [1.165, 1.54) is 12.1 Å². The third kappa shape index (κ3) is 2.82. The molecule has 2 aromatic rings. The van der Waals surface area contributed by atoms with Crippen molar-refractivity contribution in [3.63, 3.8) is 0 Å². The first-order chi connectivity index (χ1) is 10.0. The smallest absolute Gasteiger partial charge is 0.196 e. The number of benzene rings is 2. The molecule has 0 bridgehead atoms. The molecule has 1 unspecified atom stereocenters. The predicted octanol–water partition coefficient (Wildman–Crippen LogP) is 4.01. The van der Waals surface area contributed by atoms with Crippen molar-refractivity contribution < 1.29 is 4.39 Å². The van der Waals surface area contributed by atoms with Crippen molar-refractivity contribution in [1.82, 2.24) is 0 Å². The summed E-state index contributed by atoms with van der Waals surface area (Å²) in [5, 5.41) is 1.11. The van der Waals surface area contributed by atoms with Gasteiger partial charge < -0.3 is 10.6 Å². The number of rotatable bonds is 2. The lowest BCUT2D eigenvalue weighted by Gasteiger charge is -2.27. The van der Waals surface area contributed by atoms with Gasteiger partial charge in [-0.25, -0.2) is 4.39 Å². The van der Waals surface area contributed by atoms with Crippen molar-refractivity contribution in [1.29, 1.82) is 0 Å². The number of aliphatic imine (C=N–C) groups is 1. The summed E-state index contributed by atoms with van der Waals surface area (Å²) in [6.07, 6.45) is 0. The summed E-state index contributed by atoms with van der Waals surface area (Å²) in [6, 6.07) is 11.4.